The van der Waals surface area contributed by atoms with E-state index in [1.54, 1.807) is 30.3 Å². The van der Waals surface area contributed by atoms with Crippen LogP contribution in [0.4, 0.5) is 13.2 Å². The van der Waals surface area contributed by atoms with Crippen LogP contribution in [0.1, 0.15) is 11.1 Å². The van der Waals surface area contributed by atoms with Crippen LogP contribution in [0.5, 0.6) is 5.75 Å². The third-order valence-electron chi connectivity index (χ3n) is 4.77. The Morgan fingerprint density at radius 2 is 1.73 bits per heavy atom. The maximum absolute atomic E-state index is 13.8. The summed E-state index contributed by atoms with van der Waals surface area (Å²) in [5.74, 6) is 1.47. The maximum atomic E-state index is 13.8. The van der Waals surface area contributed by atoms with Crippen LogP contribution in [0.15, 0.2) is 78.0 Å². The van der Waals surface area contributed by atoms with E-state index in [9.17, 15) is 13.2 Å². The fourth-order valence-corrected chi connectivity index (χ4v) is 4.18. The van der Waals surface area contributed by atoms with Gasteiger partial charge in [0.05, 0.1) is 17.9 Å². The molecule has 3 aromatic carbocycles. The normalized spacial score (nSPS) is 11.5. The number of hydrogen-bond acceptors (Lipinski definition) is 4. The Labute approximate surface area is 198 Å². The molecule has 0 spiro atoms. The lowest BCUT2D eigenvalue weighted by Crippen LogP contribution is -2.12. The van der Waals surface area contributed by atoms with Crippen LogP contribution in [-0.4, -0.2) is 27.1 Å². The van der Waals surface area contributed by atoms with Gasteiger partial charge in [-0.3, -0.25) is 4.57 Å². The number of ether oxygens (including phenoxy) is 1. The van der Waals surface area contributed by atoms with Gasteiger partial charge in [0.1, 0.15) is 5.75 Å². The van der Waals surface area contributed by atoms with E-state index < -0.39 is 11.7 Å². The van der Waals surface area contributed by atoms with Crippen LogP contribution < -0.4 is 4.74 Å². The van der Waals surface area contributed by atoms with Gasteiger partial charge in [0.2, 0.25) is 0 Å². The zero-order valence-corrected chi connectivity index (χ0v) is 19.1. The fraction of sp³-hybridized carbons (Fsp3) is 0.167. The molecule has 170 valence electrons. The van der Waals surface area contributed by atoms with E-state index in [2.05, 4.69) is 10.2 Å². The third kappa shape index (κ3) is 5.51. The average molecular weight is 490 g/mol. The maximum Gasteiger partial charge on any atom is 0.418 e. The highest BCUT2D eigenvalue weighted by molar-refractivity contribution is 7.99. The van der Waals surface area contributed by atoms with Gasteiger partial charge in [-0.1, -0.05) is 65.3 Å². The van der Waals surface area contributed by atoms with Crippen molar-refractivity contribution in [1.82, 2.24) is 14.8 Å². The van der Waals surface area contributed by atoms with Gasteiger partial charge < -0.3 is 4.74 Å². The van der Waals surface area contributed by atoms with E-state index >= 15 is 0 Å². The number of aromatic nitrogens is 3. The first kappa shape index (κ1) is 23.2. The Kier molecular flexibility index (Phi) is 6.95. The molecule has 0 saturated carbocycles. The first-order valence-corrected chi connectivity index (χ1v) is 11.4. The number of halogens is 4. The predicted octanol–water partition coefficient (Wildman–Crippen LogP) is 7.09. The molecule has 33 heavy (non-hydrogen) atoms. The van der Waals surface area contributed by atoms with E-state index in [0.717, 1.165) is 17.4 Å². The molecule has 4 nitrogen and oxygen atoms in total. The zero-order chi connectivity index (χ0) is 23.4. The molecule has 0 N–H and O–H groups in total. The van der Waals surface area contributed by atoms with Gasteiger partial charge in [0, 0.05) is 16.3 Å². The molecule has 1 heterocycles. The first-order chi connectivity index (χ1) is 15.8. The van der Waals surface area contributed by atoms with Crippen molar-refractivity contribution in [2.24, 2.45) is 0 Å². The van der Waals surface area contributed by atoms with E-state index in [1.165, 1.54) is 28.5 Å². The molecular formula is C24H19ClF3N3OS. The largest absolute Gasteiger partial charge is 0.493 e. The second kappa shape index (κ2) is 9.89. The van der Waals surface area contributed by atoms with Crippen LogP contribution in [0.25, 0.3) is 17.1 Å². The number of rotatable bonds is 7. The Bertz CT molecular complexity index is 1240. The predicted molar refractivity (Wildman–Crippen MR) is 124 cm³/mol. The lowest BCUT2D eigenvalue weighted by Gasteiger charge is -2.16. The van der Waals surface area contributed by atoms with Gasteiger partial charge in [-0.2, -0.15) is 13.2 Å². The smallest absolute Gasteiger partial charge is 0.418 e. The number of benzene rings is 3. The molecule has 0 radical (unpaired) electrons. The molecule has 0 amide bonds. The quantitative estimate of drug-likeness (QED) is 0.205. The van der Waals surface area contributed by atoms with Gasteiger partial charge in [-0.25, -0.2) is 0 Å². The van der Waals surface area contributed by atoms with Crippen LogP contribution >= 0.6 is 23.4 Å². The van der Waals surface area contributed by atoms with Crippen molar-refractivity contribution in [2.75, 3.05) is 12.4 Å². The van der Waals surface area contributed by atoms with Gasteiger partial charge in [-0.15, -0.1) is 10.2 Å². The monoisotopic (exact) mass is 489 g/mol. The van der Waals surface area contributed by atoms with Crippen LogP contribution in [0.2, 0.25) is 5.02 Å². The lowest BCUT2D eigenvalue weighted by molar-refractivity contribution is -0.137. The van der Waals surface area contributed by atoms with Gasteiger partial charge in [0.25, 0.3) is 0 Å². The minimum absolute atomic E-state index is 0.0491. The van der Waals surface area contributed by atoms with E-state index in [0.29, 0.717) is 28.1 Å². The molecule has 0 aliphatic carbocycles. The Morgan fingerprint density at radius 3 is 2.45 bits per heavy atom. The molecule has 0 fully saturated rings. The summed E-state index contributed by atoms with van der Waals surface area (Å²) in [4.78, 5) is 0. The van der Waals surface area contributed by atoms with Crippen LogP contribution in [0.3, 0.4) is 0 Å². The molecule has 0 aliphatic rings. The molecule has 9 heteroatoms. The molecule has 4 aromatic rings. The van der Waals surface area contributed by atoms with Crippen molar-refractivity contribution in [3.05, 3.63) is 88.9 Å². The highest BCUT2D eigenvalue weighted by atomic mass is 35.5. The van der Waals surface area contributed by atoms with E-state index in [-0.39, 0.29) is 11.5 Å². The van der Waals surface area contributed by atoms with Gasteiger partial charge in [-0.05, 0) is 43.3 Å². The summed E-state index contributed by atoms with van der Waals surface area (Å²) in [5, 5.41) is 9.17. The molecule has 4 rings (SSSR count). The van der Waals surface area contributed by atoms with Crippen LogP contribution in [-0.2, 0) is 6.18 Å². The number of hydrogen-bond donors (Lipinski definition) is 0. The number of aryl methyl sites for hydroxylation is 1. The topological polar surface area (TPSA) is 39.9 Å². The number of nitrogens with zero attached hydrogens (tertiary/aromatic N) is 3. The summed E-state index contributed by atoms with van der Waals surface area (Å²) in [5.41, 5.74) is 0.870. The van der Waals surface area contributed by atoms with Crippen molar-refractivity contribution >= 4 is 23.4 Å². The minimum atomic E-state index is -4.54. The average Bonchev–Trinajstić information content (AvgIpc) is 3.21. The molecule has 0 saturated heterocycles. The van der Waals surface area contributed by atoms with Crippen LogP contribution in [0, 0.1) is 6.92 Å². The van der Waals surface area contributed by atoms with E-state index in [4.69, 9.17) is 16.3 Å². The number of alkyl halides is 3. The molecule has 1 aromatic heterocycles. The SMILES string of the molecule is Cc1ccc(OCCSc2nnc(-c3cccc(Cl)c3)n2-c2ccccc2C(F)(F)F)cc1. The Morgan fingerprint density at radius 1 is 0.970 bits per heavy atom. The Hall–Kier alpha value is -2.97. The highest BCUT2D eigenvalue weighted by Crippen LogP contribution is 2.37. The standard InChI is InChI=1S/C24H19ClF3N3OS/c1-16-9-11-19(12-10-16)32-13-14-33-23-30-29-22(17-5-4-6-18(25)15-17)31(23)21-8-3-2-7-20(21)24(26,27)28/h2-12,15H,13-14H2,1H3. The third-order valence-corrected chi connectivity index (χ3v) is 5.90. The van der Waals surface area contributed by atoms with Crippen molar-refractivity contribution < 1.29 is 17.9 Å². The molecular weight excluding hydrogens is 471 g/mol. The molecule has 0 atom stereocenters. The van der Waals surface area contributed by atoms with Crippen molar-refractivity contribution in [3.63, 3.8) is 0 Å². The van der Waals surface area contributed by atoms with Gasteiger partial charge >= 0.3 is 6.18 Å². The fourth-order valence-electron chi connectivity index (χ4n) is 3.23. The Balaban J connectivity index is 1.66. The molecule has 0 bridgehead atoms. The molecule has 0 unspecified atom stereocenters. The van der Waals surface area contributed by atoms with Crippen molar-refractivity contribution in [2.45, 2.75) is 18.3 Å². The van der Waals surface area contributed by atoms with Gasteiger partial charge in [0.15, 0.2) is 11.0 Å². The van der Waals surface area contributed by atoms with E-state index in [1.807, 2.05) is 31.2 Å². The zero-order valence-electron chi connectivity index (χ0n) is 17.5. The first-order valence-electron chi connectivity index (χ1n) is 10.0. The second-order valence-electron chi connectivity index (χ2n) is 7.18. The second-order valence-corrected chi connectivity index (χ2v) is 8.68. The summed E-state index contributed by atoms with van der Waals surface area (Å²) in [6, 6.07) is 19.8. The summed E-state index contributed by atoms with van der Waals surface area (Å²) in [7, 11) is 0. The lowest BCUT2D eigenvalue weighted by atomic mass is 10.1. The molecule has 0 aliphatic heterocycles. The number of thioether (sulfide) groups is 1. The minimum Gasteiger partial charge on any atom is -0.493 e. The summed E-state index contributed by atoms with van der Waals surface area (Å²) in [6.07, 6.45) is -4.54. The van der Waals surface area contributed by atoms with Crippen molar-refractivity contribution in [1.29, 1.82) is 0 Å². The summed E-state index contributed by atoms with van der Waals surface area (Å²) in [6.45, 7) is 2.34. The number of para-hydroxylation sites is 1. The van der Waals surface area contributed by atoms with Crippen molar-refractivity contribution in [3.8, 4) is 22.8 Å². The summed E-state index contributed by atoms with van der Waals surface area (Å²) < 4.78 is 48.5. The summed E-state index contributed by atoms with van der Waals surface area (Å²) >= 11 is 7.38. The highest BCUT2D eigenvalue weighted by Gasteiger charge is 2.35.